The molecular formula is C17H22N6. The third kappa shape index (κ3) is 3.21. The first-order valence-electron chi connectivity index (χ1n) is 8.31. The van der Waals surface area contributed by atoms with Crippen LogP contribution in [0.25, 0.3) is 0 Å². The molecule has 3 heterocycles. The van der Waals surface area contributed by atoms with Crippen LogP contribution >= 0.6 is 0 Å². The van der Waals surface area contributed by atoms with Gasteiger partial charge in [-0.2, -0.15) is 4.98 Å². The number of pyridine rings is 1. The maximum absolute atomic E-state index is 4.74. The SMILES string of the molecule is Cc1cnc(N2CCN(c3ccccn3)CC2)nc1NC1CC1. The first-order chi connectivity index (χ1) is 11.3. The second-order valence-corrected chi connectivity index (χ2v) is 6.28. The highest BCUT2D eigenvalue weighted by molar-refractivity contribution is 5.50. The molecule has 2 aliphatic rings. The zero-order chi connectivity index (χ0) is 15.6. The topological polar surface area (TPSA) is 57.2 Å². The first-order valence-corrected chi connectivity index (χ1v) is 8.31. The van der Waals surface area contributed by atoms with Crippen LogP contribution in [0.5, 0.6) is 0 Å². The summed E-state index contributed by atoms with van der Waals surface area (Å²) in [6.07, 6.45) is 6.28. The van der Waals surface area contributed by atoms with Gasteiger partial charge in [-0.1, -0.05) is 6.07 Å². The third-order valence-electron chi connectivity index (χ3n) is 4.41. The molecule has 1 saturated heterocycles. The maximum atomic E-state index is 4.74. The molecule has 0 unspecified atom stereocenters. The number of piperazine rings is 1. The van der Waals surface area contributed by atoms with Crippen LogP contribution in [0, 0.1) is 6.92 Å². The predicted molar refractivity (Wildman–Crippen MR) is 92.1 cm³/mol. The summed E-state index contributed by atoms with van der Waals surface area (Å²) in [5, 5.41) is 3.50. The van der Waals surface area contributed by atoms with Crippen molar-refractivity contribution in [3.8, 4) is 0 Å². The Morgan fingerprint density at radius 3 is 2.52 bits per heavy atom. The van der Waals surface area contributed by atoms with Gasteiger partial charge in [0.1, 0.15) is 11.6 Å². The Labute approximate surface area is 136 Å². The highest BCUT2D eigenvalue weighted by atomic mass is 15.3. The quantitative estimate of drug-likeness (QED) is 0.933. The number of aryl methyl sites for hydroxylation is 1. The molecule has 4 rings (SSSR count). The van der Waals surface area contributed by atoms with Crippen molar-refractivity contribution in [1.82, 2.24) is 15.0 Å². The van der Waals surface area contributed by atoms with Crippen molar-refractivity contribution < 1.29 is 0 Å². The number of anilines is 3. The van der Waals surface area contributed by atoms with Crippen LogP contribution in [0.4, 0.5) is 17.6 Å². The molecule has 2 fully saturated rings. The molecule has 0 radical (unpaired) electrons. The highest BCUT2D eigenvalue weighted by Crippen LogP contribution is 2.26. The van der Waals surface area contributed by atoms with Crippen molar-refractivity contribution in [2.24, 2.45) is 0 Å². The van der Waals surface area contributed by atoms with Gasteiger partial charge in [-0.25, -0.2) is 9.97 Å². The van der Waals surface area contributed by atoms with E-state index in [0.29, 0.717) is 6.04 Å². The molecule has 0 atom stereocenters. The van der Waals surface area contributed by atoms with Gasteiger partial charge >= 0.3 is 0 Å². The molecule has 120 valence electrons. The zero-order valence-corrected chi connectivity index (χ0v) is 13.4. The normalized spacial score (nSPS) is 18.1. The molecule has 1 aliphatic heterocycles. The largest absolute Gasteiger partial charge is 0.367 e. The van der Waals surface area contributed by atoms with E-state index in [-0.39, 0.29) is 0 Å². The van der Waals surface area contributed by atoms with Crippen LogP contribution in [-0.2, 0) is 0 Å². The lowest BCUT2D eigenvalue weighted by Gasteiger charge is -2.35. The molecule has 2 aromatic heterocycles. The number of nitrogens with one attached hydrogen (secondary N) is 1. The van der Waals surface area contributed by atoms with Gasteiger partial charge in [0.25, 0.3) is 0 Å². The van der Waals surface area contributed by atoms with Gasteiger partial charge in [-0.3, -0.25) is 0 Å². The molecule has 0 spiro atoms. The summed E-state index contributed by atoms with van der Waals surface area (Å²) < 4.78 is 0. The van der Waals surface area contributed by atoms with Gasteiger partial charge in [-0.15, -0.1) is 0 Å². The average Bonchev–Trinajstić information content (AvgIpc) is 3.42. The summed E-state index contributed by atoms with van der Waals surface area (Å²) in [6.45, 7) is 5.79. The van der Waals surface area contributed by atoms with Gasteiger partial charge in [0, 0.05) is 50.2 Å². The van der Waals surface area contributed by atoms with Crippen LogP contribution in [0.2, 0.25) is 0 Å². The van der Waals surface area contributed by atoms with E-state index in [1.165, 1.54) is 12.8 Å². The Morgan fingerprint density at radius 2 is 1.83 bits per heavy atom. The molecule has 23 heavy (non-hydrogen) atoms. The lowest BCUT2D eigenvalue weighted by atomic mass is 10.3. The van der Waals surface area contributed by atoms with E-state index in [4.69, 9.17) is 4.98 Å². The monoisotopic (exact) mass is 310 g/mol. The fraction of sp³-hybridized carbons (Fsp3) is 0.471. The Balaban J connectivity index is 1.43. The van der Waals surface area contributed by atoms with Gasteiger partial charge in [0.05, 0.1) is 0 Å². The second kappa shape index (κ2) is 6.02. The Hall–Kier alpha value is -2.37. The summed E-state index contributed by atoms with van der Waals surface area (Å²) in [7, 11) is 0. The van der Waals surface area contributed by atoms with Crippen LogP contribution in [-0.4, -0.2) is 47.2 Å². The molecule has 6 heteroatoms. The molecular weight excluding hydrogens is 288 g/mol. The van der Waals surface area contributed by atoms with Gasteiger partial charge in [-0.05, 0) is 31.9 Å². The fourth-order valence-electron chi connectivity index (χ4n) is 2.83. The number of aromatic nitrogens is 3. The van der Waals surface area contributed by atoms with E-state index < -0.39 is 0 Å². The molecule has 1 N–H and O–H groups in total. The van der Waals surface area contributed by atoms with Crippen LogP contribution in [0.15, 0.2) is 30.6 Å². The summed E-state index contributed by atoms with van der Waals surface area (Å²) >= 11 is 0. The highest BCUT2D eigenvalue weighted by Gasteiger charge is 2.24. The Morgan fingerprint density at radius 1 is 1.04 bits per heavy atom. The zero-order valence-electron chi connectivity index (χ0n) is 13.4. The molecule has 1 saturated carbocycles. The molecule has 1 aliphatic carbocycles. The van der Waals surface area contributed by atoms with Gasteiger partial charge in [0.15, 0.2) is 0 Å². The van der Waals surface area contributed by atoms with Gasteiger partial charge < -0.3 is 15.1 Å². The van der Waals surface area contributed by atoms with Crippen molar-refractivity contribution in [1.29, 1.82) is 0 Å². The van der Waals surface area contributed by atoms with Crippen molar-refractivity contribution in [2.75, 3.05) is 41.3 Å². The molecule has 6 nitrogen and oxygen atoms in total. The predicted octanol–water partition coefficient (Wildman–Crippen LogP) is 2.08. The van der Waals surface area contributed by atoms with Crippen LogP contribution in [0.1, 0.15) is 18.4 Å². The Kier molecular flexibility index (Phi) is 3.73. The van der Waals surface area contributed by atoms with Crippen molar-refractivity contribution in [3.05, 3.63) is 36.2 Å². The molecule has 0 amide bonds. The average molecular weight is 310 g/mol. The standard InChI is InChI=1S/C17H22N6/c1-13-12-19-17(21-16(13)20-14-5-6-14)23-10-8-22(9-11-23)15-4-2-3-7-18-15/h2-4,7,12,14H,5-6,8-11H2,1H3,(H,19,20,21). The van der Waals surface area contributed by atoms with Crippen molar-refractivity contribution >= 4 is 17.6 Å². The van der Waals surface area contributed by atoms with E-state index >= 15 is 0 Å². The van der Waals surface area contributed by atoms with E-state index in [9.17, 15) is 0 Å². The third-order valence-corrected chi connectivity index (χ3v) is 4.41. The molecule has 0 aromatic carbocycles. The first kappa shape index (κ1) is 14.2. The van der Waals surface area contributed by atoms with E-state index in [0.717, 1.165) is 49.3 Å². The van der Waals surface area contributed by atoms with E-state index in [1.807, 2.05) is 24.5 Å². The van der Waals surface area contributed by atoms with E-state index in [1.54, 1.807) is 0 Å². The molecule has 0 bridgehead atoms. The summed E-state index contributed by atoms with van der Waals surface area (Å²) in [4.78, 5) is 18.3. The minimum atomic E-state index is 0.609. The van der Waals surface area contributed by atoms with Gasteiger partial charge in [0.2, 0.25) is 5.95 Å². The van der Waals surface area contributed by atoms with Crippen LogP contribution in [0.3, 0.4) is 0 Å². The summed E-state index contributed by atoms with van der Waals surface area (Å²) in [6, 6.07) is 6.66. The lowest BCUT2D eigenvalue weighted by Crippen LogP contribution is -2.47. The summed E-state index contributed by atoms with van der Waals surface area (Å²) in [5.41, 5.74) is 1.12. The van der Waals surface area contributed by atoms with Crippen LogP contribution < -0.4 is 15.1 Å². The number of rotatable bonds is 4. The van der Waals surface area contributed by atoms with Crippen molar-refractivity contribution in [3.63, 3.8) is 0 Å². The number of hydrogen-bond acceptors (Lipinski definition) is 6. The van der Waals surface area contributed by atoms with Crippen molar-refractivity contribution in [2.45, 2.75) is 25.8 Å². The number of hydrogen-bond donors (Lipinski definition) is 1. The minimum Gasteiger partial charge on any atom is -0.367 e. The second-order valence-electron chi connectivity index (χ2n) is 6.28. The lowest BCUT2D eigenvalue weighted by molar-refractivity contribution is 0.634. The maximum Gasteiger partial charge on any atom is 0.227 e. The smallest absolute Gasteiger partial charge is 0.227 e. The minimum absolute atomic E-state index is 0.609. The van der Waals surface area contributed by atoms with E-state index in [2.05, 4.69) is 38.1 Å². The molecule has 2 aromatic rings. The fourth-order valence-corrected chi connectivity index (χ4v) is 2.83. The summed E-state index contributed by atoms with van der Waals surface area (Å²) in [5.74, 6) is 2.87. The number of nitrogens with zero attached hydrogens (tertiary/aromatic N) is 5. The Bertz CT molecular complexity index is 662.